The van der Waals surface area contributed by atoms with Gasteiger partial charge in [0.15, 0.2) is 0 Å². The van der Waals surface area contributed by atoms with Gasteiger partial charge in [-0.1, -0.05) is 18.2 Å². The Morgan fingerprint density at radius 1 is 1.23 bits per heavy atom. The van der Waals surface area contributed by atoms with Crippen LogP contribution in [-0.2, 0) is 13.6 Å². The molecule has 0 saturated heterocycles. The van der Waals surface area contributed by atoms with Gasteiger partial charge in [0.25, 0.3) is 0 Å². The highest BCUT2D eigenvalue weighted by Crippen LogP contribution is 2.58. The molecular weight excluding hydrogens is 211 g/mol. The third-order valence-electron chi connectivity index (χ3n) is 0.996. The maximum Gasteiger partial charge on any atom is 0.372 e. The Hall–Kier alpha value is 0.180. The van der Waals surface area contributed by atoms with Crippen LogP contribution >= 0.6 is 19.2 Å². The molecule has 0 saturated carbocycles. The van der Waals surface area contributed by atoms with E-state index in [4.69, 9.17) is 20.6 Å². The van der Waals surface area contributed by atoms with E-state index >= 15 is 0 Å². The second-order valence-electron chi connectivity index (χ2n) is 3.18. The smallest absolute Gasteiger partial charge is 0.302 e. The van der Waals surface area contributed by atoms with Crippen LogP contribution in [0.1, 0.15) is 27.7 Å². The first-order valence-electron chi connectivity index (χ1n) is 4.09. The minimum Gasteiger partial charge on any atom is -0.302 e. The largest absolute Gasteiger partial charge is 0.372 e. The zero-order chi connectivity index (χ0) is 10.6. The molecule has 0 aliphatic rings. The van der Waals surface area contributed by atoms with Crippen molar-refractivity contribution in [1.29, 1.82) is 0 Å². The molecule has 78 valence electrons. The summed E-state index contributed by atoms with van der Waals surface area (Å²) in [7, 11) is -3.33. The summed E-state index contributed by atoms with van der Waals surface area (Å²) in [6, 6.07) is 0. The average Bonchev–Trinajstić information content (AvgIpc) is 1.82. The van der Waals surface area contributed by atoms with Gasteiger partial charge >= 0.3 is 7.60 Å². The number of hydrogen-bond acceptors (Lipinski definition) is 3. The van der Waals surface area contributed by atoms with Crippen LogP contribution in [-0.4, -0.2) is 12.2 Å². The Morgan fingerprint density at radius 3 is 1.69 bits per heavy atom. The molecule has 5 heteroatoms. The molecule has 0 fully saturated rings. The number of halogens is 1. The third-order valence-corrected chi connectivity index (χ3v) is 3.61. The third kappa shape index (κ3) is 4.82. The van der Waals surface area contributed by atoms with Gasteiger partial charge < -0.3 is 9.05 Å². The van der Waals surface area contributed by atoms with Crippen LogP contribution in [0, 0.1) is 0 Å². The van der Waals surface area contributed by atoms with Crippen molar-refractivity contribution in [3.8, 4) is 0 Å². The van der Waals surface area contributed by atoms with Gasteiger partial charge in [-0.15, -0.1) is 0 Å². The standard InChI is InChI=1S/C8H16ClO3P/c1-6(2)11-13(10,8(5)9)12-7(3)4/h6-7H,5H2,1-4H3. The fourth-order valence-electron chi connectivity index (χ4n) is 0.694. The second-order valence-corrected chi connectivity index (χ2v) is 5.86. The van der Waals surface area contributed by atoms with E-state index in [1.165, 1.54) is 0 Å². The summed E-state index contributed by atoms with van der Waals surface area (Å²) in [5.41, 5.74) is 0. The lowest BCUT2D eigenvalue weighted by Crippen LogP contribution is -2.07. The van der Waals surface area contributed by atoms with Gasteiger partial charge in [0, 0.05) is 0 Å². The van der Waals surface area contributed by atoms with Crippen LogP contribution in [0.15, 0.2) is 11.4 Å². The van der Waals surface area contributed by atoms with Crippen molar-refractivity contribution in [3.05, 3.63) is 11.4 Å². The SMILES string of the molecule is C=C(Cl)P(=O)(OC(C)C)OC(C)C. The summed E-state index contributed by atoms with van der Waals surface area (Å²) in [5, 5.41) is 0. The summed E-state index contributed by atoms with van der Waals surface area (Å²) >= 11 is 5.57. The van der Waals surface area contributed by atoms with Crippen LogP contribution in [0.2, 0.25) is 0 Å². The topological polar surface area (TPSA) is 35.5 Å². The fourth-order valence-corrected chi connectivity index (χ4v) is 2.32. The van der Waals surface area contributed by atoms with Crippen LogP contribution < -0.4 is 0 Å². The minimum atomic E-state index is -3.33. The van der Waals surface area contributed by atoms with Crippen molar-refractivity contribution in [3.63, 3.8) is 0 Å². The Kier molecular flexibility index (Phi) is 5.23. The van der Waals surface area contributed by atoms with E-state index in [-0.39, 0.29) is 17.0 Å². The van der Waals surface area contributed by atoms with E-state index in [0.717, 1.165) is 0 Å². The number of rotatable bonds is 5. The Balaban J connectivity index is 4.54. The molecule has 0 atom stereocenters. The Morgan fingerprint density at radius 2 is 1.54 bits per heavy atom. The minimum absolute atomic E-state index is 0.0742. The Labute approximate surface area is 84.6 Å². The molecule has 3 nitrogen and oxygen atoms in total. The second kappa shape index (κ2) is 5.16. The lowest BCUT2D eigenvalue weighted by atomic mass is 10.5. The molecule has 0 radical (unpaired) electrons. The van der Waals surface area contributed by atoms with E-state index in [1.54, 1.807) is 27.7 Å². The summed E-state index contributed by atoms with van der Waals surface area (Å²) < 4.78 is 22.0. The highest BCUT2D eigenvalue weighted by Gasteiger charge is 2.30. The van der Waals surface area contributed by atoms with Crippen LogP contribution in [0.25, 0.3) is 0 Å². The maximum atomic E-state index is 11.9. The highest BCUT2D eigenvalue weighted by atomic mass is 35.5. The zero-order valence-corrected chi connectivity index (χ0v) is 10.1. The molecular formula is C8H16ClO3P. The Bertz CT molecular complexity index is 211. The first-order chi connectivity index (χ1) is 5.78. The predicted octanol–water partition coefficient (Wildman–Crippen LogP) is 3.74. The molecule has 0 aromatic rings. The summed E-state index contributed by atoms with van der Waals surface area (Å²) in [4.78, 5) is 0. The van der Waals surface area contributed by atoms with Gasteiger partial charge in [0.1, 0.15) is 4.77 Å². The summed E-state index contributed by atoms with van der Waals surface area (Å²) in [6.45, 7) is 10.4. The van der Waals surface area contributed by atoms with E-state index in [2.05, 4.69) is 6.58 Å². The predicted molar refractivity (Wildman–Crippen MR) is 55.0 cm³/mol. The van der Waals surface area contributed by atoms with Gasteiger partial charge in [0.2, 0.25) is 0 Å². The van der Waals surface area contributed by atoms with E-state index in [9.17, 15) is 4.57 Å². The van der Waals surface area contributed by atoms with Gasteiger partial charge in [-0.3, -0.25) is 4.57 Å². The first-order valence-corrected chi connectivity index (χ1v) is 6.02. The highest BCUT2D eigenvalue weighted by molar-refractivity contribution is 7.61. The maximum absolute atomic E-state index is 11.9. The van der Waals surface area contributed by atoms with Crippen molar-refractivity contribution in [1.82, 2.24) is 0 Å². The van der Waals surface area contributed by atoms with E-state index in [1.807, 2.05) is 0 Å². The molecule has 13 heavy (non-hydrogen) atoms. The van der Waals surface area contributed by atoms with E-state index in [0.29, 0.717) is 0 Å². The van der Waals surface area contributed by atoms with E-state index < -0.39 is 7.60 Å². The molecule has 0 aliphatic heterocycles. The van der Waals surface area contributed by atoms with Crippen LogP contribution in [0.3, 0.4) is 0 Å². The molecule has 0 aromatic heterocycles. The quantitative estimate of drug-likeness (QED) is 0.670. The molecule has 0 aromatic carbocycles. The van der Waals surface area contributed by atoms with Crippen molar-refractivity contribution in [2.45, 2.75) is 39.9 Å². The van der Waals surface area contributed by atoms with Crippen LogP contribution in [0.4, 0.5) is 0 Å². The molecule has 0 N–H and O–H groups in total. The molecule has 0 bridgehead atoms. The molecule has 0 aliphatic carbocycles. The lowest BCUT2D eigenvalue weighted by Gasteiger charge is -2.21. The molecule has 0 amide bonds. The number of hydrogen-bond donors (Lipinski definition) is 0. The zero-order valence-electron chi connectivity index (χ0n) is 8.41. The van der Waals surface area contributed by atoms with Crippen molar-refractivity contribution in [2.75, 3.05) is 0 Å². The van der Waals surface area contributed by atoms with Crippen molar-refractivity contribution < 1.29 is 13.6 Å². The molecule has 0 unspecified atom stereocenters. The lowest BCUT2D eigenvalue weighted by molar-refractivity contribution is 0.148. The molecule has 0 rings (SSSR count). The molecule has 0 spiro atoms. The van der Waals surface area contributed by atoms with Gasteiger partial charge in [0.05, 0.1) is 12.2 Å². The van der Waals surface area contributed by atoms with Gasteiger partial charge in [-0.2, -0.15) is 0 Å². The van der Waals surface area contributed by atoms with Crippen molar-refractivity contribution >= 4 is 19.2 Å². The summed E-state index contributed by atoms with van der Waals surface area (Å²) in [5.74, 6) is 0. The van der Waals surface area contributed by atoms with Crippen molar-refractivity contribution in [2.24, 2.45) is 0 Å². The fraction of sp³-hybridized carbons (Fsp3) is 0.750. The van der Waals surface area contributed by atoms with Gasteiger partial charge in [-0.05, 0) is 27.7 Å². The first kappa shape index (κ1) is 13.2. The summed E-state index contributed by atoms with van der Waals surface area (Å²) in [6.07, 6.45) is -0.417. The monoisotopic (exact) mass is 226 g/mol. The molecule has 0 heterocycles. The average molecular weight is 227 g/mol. The van der Waals surface area contributed by atoms with Crippen LogP contribution in [0.5, 0.6) is 0 Å². The normalized spacial score (nSPS) is 12.5. The van der Waals surface area contributed by atoms with Gasteiger partial charge in [-0.25, -0.2) is 0 Å².